The minimum Gasteiger partial charge on any atom is -0.483 e. The molecule has 2 N–H and O–H groups in total. The molecule has 6 nitrogen and oxygen atoms in total. The molecule has 0 saturated heterocycles. The quantitative estimate of drug-likeness (QED) is 0.399. The second kappa shape index (κ2) is 9.34. The lowest BCUT2D eigenvalue weighted by atomic mass is 10.0. The van der Waals surface area contributed by atoms with Crippen LogP contribution in [-0.2, 0) is 6.42 Å². The van der Waals surface area contributed by atoms with E-state index >= 15 is 0 Å². The summed E-state index contributed by atoms with van der Waals surface area (Å²) in [5.41, 5.74) is 5.84. The fraction of sp³-hybridized carbons (Fsp3) is 0.222. The Morgan fingerprint density at radius 3 is 2.27 bits per heavy atom. The zero-order chi connectivity index (χ0) is 26.3. The topological polar surface area (TPSA) is 62.8 Å². The molecular formula is C27H23F4N3O3. The van der Waals surface area contributed by atoms with Gasteiger partial charge in [-0.05, 0) is 67.4 Å². The molecule has 0 radical (unpaired) electrons. The number of fused-ring (bicyclic) bond motifs is 1. The molecule has 0 fully saturated rings. The van der Waals surface area contributed by atoms with Crippen LogP contribution in [-0.4, -0.2) is 29.8 Å². The number of amides is 2. The lowest BCUT2D eigenvalue weighted by Crippen LogP contribution is -2.40. The highest BCUT2D eigenvalue weighted by atomic mass is 19.3. The number of hydrogen-bond donors (Lipinski definition) is 2. The van der Waals surface area contributed by atoms with E-state index in [1.54, 1.807) is 30.3 Å². The lowest BCUT2D eigenvalue weighted by Gasteiger charge is -2.20. The molecule has 0 aliphatic carbocycles. The average Bonchev–Trinajstić information content (AvgIpc) is 3.40. The van der Waals surface area contributed by atoms with Crippen LogP contribution in [0.3, 0.4) is 0 Å². The van der Waals surface area contributed by atoms with Crippen LogP contribution in [0.4, 0.5) is 28.0 Å². The van der Waals surface area contributed by atoms with Crippen molar-refractivity contribution in [3.05, 3.63) is 89.0 Å². The highest BCUT2D eigenvalue weighted by Crippen LogP contribution is 2.44. The third-order valence-corrected chi connectivity index (χ3v) is 6.03. The first kappa shape index (κ1) is 24.5. The van der Waals surface area contributed by atoms with E-state index in [1.165, 1.54) is 35.3 Å². The smallest absolute Gasteiger partial charge is 0.387 e. The number of alkyl halides is 2. The maximum Gasteiger partial charge on any atom is 0.387 e. The van der Waals surface area contributed by atoms with E-state index in [0.29, 0.717) is 34.4 Å². The van der Waals surface area contributed by atoms with Crippen molar-refractivity contribution in [1.82, 2.24) is 10.4 Å². The van der Waals surface area contributed by atoms with Crippen LogP contribution in [0.5, 0.6) is 11.5 Å². The Bertz CT molecular complexity index is 1320. The summed E-state index contributed by atoms with van der Waals surface area (Å²) < 4.78 is 63.6. The predicted octanol–water partition coefficient (Wildman–Crippen LogP) is 6.20. The molecule has 2 amide bonds. The number of benzene rings is 3. The molecule has 192 valence electrons. The standard InChI is InChI=1S/C27H23F4N3O3/c1-27(2)13-17-11-20(12-22(24(17)37-27)36-25(30)31)32-26(35)34-14-21(15-3-7-18(28)8-4-15)23(33-34)16-5-9-19(29)10-6-16/h3-12,25,33H,13-14H2,1-2H3,(H,32,35). The Kier molecular flexibility index (Phi) is 6.18. The monoisotopic (exact) mass is 513 g/mol. The molecule has 3 aromatic carbocycles. The summed E-state index contributed by atoms with van der Waals surface area (Å²) >= 11 is 0. The largest absolute Gasteiger partial charge is 0.483 e. The molecule has 2 aliphatic rings. The van der Waals surface area contributed by atoms with Crippen molar-refractivity contribution in [2.24, 2.45) is 0 Å². The SMILES string of the molecule is CC1(C)Cc2cc(NC(=O)N3CC(c4ccc(F)cc4)=C(c4ccc(F)cc4)N3)cc(OC(F)F)c2O1. The van der Waals surface area contributed by atoms with Gasteiger partial charge >= 0.3 is 12.6 Å². The van der Waals surface area contributed by atoms with Gasteiger partial charge in [0.15, 0.2) is 11.5 Å². The van der Waals surface area contributed by atoms with Crippen molar-refractivity contribution >= 4 is 23.0 Å². The number of urea groups is 1. The van der Waals surface area contributed by atoms with E-state index < -0.39 is 29.9 Å². The van der Waals surface area contributed by atoms with Gasteiger partial charge in [-0.3, -0.25) is 5.43 Å². The van der Waals surface area contributed by atoms with Gasteiger partial charge < -0.3 is 14.8 Å². The number of nitrogens with one attached hydrogen (secondary N) is 2. The molecule has 5 rings (SSSR count). The van der Waals surface area contributed by atoms with Crippen LogP contribution < -0.4 is 20.2 Å². The molecule has 0 unspecified atom stereocenters. The number of hydrazine groups is 1. The van der Waals surface area contributed by atoms with Gasteiger partial charge in [0.1, 0.15) is 17.2 Å². The fourth-order valence-corrected chi connectivity index (χ4v) is 4.47. The second-order valence-corrected chi connectivity index (χ2v) is 9.38. The average molecular weight is 513 g/mol. The van der Waals surface area contributed by atoms with E-state index in [1.807, 2.05) is 13.8 Å². The summed E-state index contributed by atoms with van der Waals surface area (Å²) in [7, 11) is 0. The van der Waals surface area contributed by atoms with Crippen molar-refractivity contribution in [1.29, 1.82) is 0 Å². The number of hydrogen-bond acceptors (Lipinski definition) is 4. The van der Waals surface area contributed by atoms with Gasteiger partial charge in [0.2, 0.25) is 0 Å². The fourth-order valence-electron chi connectivity index (χ4n) is 4.47. The van der Waals surface area contributed by atoms with Crippen molar-refractivity contribution in [2.75, 3.05) is 11.9 Å². The van der Waals surface area contributed by atoms with Crippen LogP contribution in [0.2, 0.25) is 0 Å². The first-order valence-electron chi connectivity index (χ1n) is 11.5. The van der Waals surface area contributed by atoms with Gasteiger partial charge in [0, 0.05) is 29.3 Å². The summed E-state index contributed by atoms with van der Waals surface area (Å²) in [5, 5.41) is 4.00. The predicted molar refractivity (Wildman–Crippen MR) is 130 cm³/mol. The molecule has 0 bridgehead atoms. The van der Waals surface area contributed by atoms with Crippen molar-refractivity contribution in [2.45, 2.75) is 32.5 Å². The molecule has 0 aromatic heterocycles. The Balaban J connectivity index is 1.42. The number of ether oxygens (including phenoxy) is 2. The van der Waals surface area contributed by atoms with E-state index in [-0.39, 0.29) is 23.7 Å². The maximum atomic E-state index is 13.5. The number of halogens is 4. The Morgan fingerprint density at radius 1 is 1.03 bits per heavy atom. The van der Waals surface area contributed by atoms with Crippen molar-refractivity contribution in [3.63, 3.8) is 0 Å². The van der Waals surface area contributed by atoms with Crippen LogP contribution in [0.25, 0.3) is 11.3 Å². The molecule has 0 spiro atoms. The molecule has 0 saturated carbocycles. The summed E-state index contributed by atoms with van der Waals surface area (Å²) in [5.74, 6) is -0.758. The van der Waals surface area contributed by atoms with Crippen LogP contribution in [0.15, 0.2) is 60.7 Å². The zero-order valence-electron chi connectivity index (χ0n) is 19.9. The van der Waals surface area contributed by atoms with E-state index in [2.05, 4.69) is 15.5 Å². The molecule has 2 aliphatic heterocycles. The number of rotatable bonds is 5. The minimum absolute atomic E-state index is 0.103. The molecule has 2 heterocycles. The summed E-state index contributed by atoms with van der Waals surface area (Å²) in [6.07, 6.45) is 0.443. The van der Waals surface area contributed by atoms with Gasteiger partial charge in [-0.15, -0.1) is 0 Å². The first-order valence-corrected chi connectivity index (χ1v) is 11.5. The van der Waals surface area contributed by atoms with Gasteiger partial charge in [-0.25, -0.2) is 18.6 Å². The Labute approximate surface area is 210 Å². The highest BCUT2D eigenvalue weighted by Gasteiger charge is 2.34. The second-order valence-electron chi connectivity index (χ2n) is 9.38. The minimum atomic E-state index is -3.07. The van der Waals surface area contributed by atoms with Gasteiger partial charge in [0.25, 0.3) is 0 Å². The van der Waals surface area contributed by atoms with Crippen LogP contribution in [0.1, 0.15) is 30.5 Å². The zero-order valence-corrected chi connectivity index (χ0v) is 19.9. The van der Waals surface area contributed by atoms with Crippen LogP contribution >= 0.6 is 0 Å². The molecular weight excluding hydrogens is 490 g/mol. The van der Waals surface area contributed by atoms with Crippen molar-refractivity contribution in [3.8, 4) is 11.5 Å². The molecule has 0 atom stereocenters. The van der Waals surface area contributed by atoms with E-state index in [0.717, 1.165) is 0 Å². The Hall–Kier alpha value is -4.21. The lowest BCUT2D eigenvalue weighted by molar-refractivity contribution is -0.0522. The summed E-state index contributed by atoms with van der Waals surface area (Å²) in [4.78, 5) is 13.2. The van der Waals surface area contributed by atoms with Gasteiger partial charge in [-0.2, -0.15) is 8.78 Å². The number of carbonyl (C=O) groups is 1. The third-order valence-electron chi connectivity index (χ3n) is 6.03. The summed E-state index contributed by atoms with van der Waals surface area (Å²) in [6.45, 7) is 0.686. The molecule has 3 aromatic rings. The molecule has 37 heavy (non-hydrogen) atoms. The third kappa shape index (κ3) is 5.18. The van der Waals surface area contributed by atoms with Crippen LogP contribution in [0, 0.1) is 11.6 Å². The Morgan fingerprint density at radius 2 is 1.65 bits per heavy atom. The molecule has 10 heteroatoms. The number of nitrogens with zero attached hydrogens (tertiary/aromatic N) is 1. The van der Waals surface area contributed by atoms with Gasteiger partial charge in [0.05, 0.1) is 12.2 Å². The van der Waals surface area contributed by atoms with E-state index in [9.17, 15) is 22.4 Å². The van der Waals surface area contributed by atoms with Crippen molar-refractivity contribution < 1.29 is 31.8 Å². The highest BCUT2D eigenvalue weighted by molar-refractivity contribution is 5.98. The summed E-state index contributed by atoms with van der Waals surface area (Å²) in [6, 6.07) is 13.9. The maximum absolute atomic E-state index is 13.5. The first-order chi connectivity index (χ1) is 17.6. The van der Waals surface area contributed by atoms with Gasteiger partial charge in [-0.1, -0.05) is 12.1 Å². The van der Waals surface area contributed by atoms with E-state index in [4.69, 9.17) is 4.74 Å². The number of carbonyl (C=O) groups excluding carboxylic acids is 1. The normalized spacial score (nSPS) is 15.9. The number of anilines is 1.